The summed E-state index contributed by atoms with van der Waals surface area (Å²) < 4.78 is 3.59. The van der Waals surface area contributed by atoms with Gasteiger partial charge < -0.3 is 9.13 Å². The number of hydrogen-bond donors (Lipinski definition) is 0. The van der Waals surface area contributed by atoms with E-state index >= 15 is 0 Å². The summed E-state index contributed by atoms with van der Waals surface area (Å²) in [7, 11) is 0. The number of aromatic nitrogens is 3. The molecule has 1 aromatic carbocycles. The maximum Gasteiger partial charge on any atom is 0.260 e. The third kappa shape index (κ3) is 3.69. The number of fused-ring (bicyclic) bond motifs is 2. The van der Waals surface area contributed by atoms with Crippen molar-refractivity contribution in [3.05, 3.63) is 87.2 Å². The van der Waals surface area contributed by atoms with E-state index in [1.165, 1.54) is 12.0 Å². The molecule has 0 unspecified atom stereocenters. The van der Waals surface area contributed by atoms with E-state index < -0.39 is 0 Å². The Kier molecular flexibility index (Phi) is 5.18. The first-order valence-electron chi connectivity index (χ1n) is 11.2. The van der Waals surface area contributed by atoms with Crippen molar-refractivity contribution >= 4 is 21.8 Å². The molecule has 0 radical (unpaired) electrons. The van der Waals surface area contributed by atoms with Gasteiger partial charge in [-0.3, -0.25) is 9.59 Å². The van der Waals surface area contributed by atoms with Crippen LogP contribution in [-0.2, 0) is 13.0 Å². The molecule has 5 rings (SSSR count). The molecule has 5 nitrogen and oxygen atoms in total. The van der Waals surface area contributed by atoms with E-state index in [0.29, 0.717) is 34.3 Å². The molecule has 4 aromatic rings. The van der Waals surface area contributed by atoms with Crippen LogP contribution in [-0.4, -0.2) is 14.1 Å². The topological polar surface area (TPSA) is 56.9 Å². The SMILES string of the molecule is C[C@H]1CCCC[C@@H]1n1ccc2nc3ccn(CCc4ccccc4)c(=O)c3cc2c1=O. The van der Waals surface area contributed by atoms with E-state index in [-0.39, 0.29) is 17.2 Å². The second-order valence-corrected chi connectivity index (χ2v) is 8.76. The van der Waals surface area contributed by atoms with Crippen molar-refractivity contribution in [3.8, 4) is 0 Å². The average Bonchev–Trinajstić information content (AvgIpc) is 2.80. The zero-order chi connectivity index (χ0) is 21.4. The molecule has 0 aliphatic heterocycles. The van der Waals surface area contributed by atoms with Crippen LogP contribution in [0.25, 0.3) is 21.8 Å². The summed E-state index contributed by atoms with van der Waals surface area (Å²) in [6.07, 6.45) is 9.03. The van der Waals surface area contributed by atoms with Gasteiger partial charge in [-0.15, -0.1) is 0 Å². The van der Waals surface area contributed by atoms with Gasteiger partial charge in [0.05, 0.1) is 21.8 Å². The fraction of sp³-hybridized carbons (Fsp3) is 0.346. The van der Waals surface area contributed by atoms with Gasteiger partial charge in [0.25, 0.3) is 11.1 Å². The number of nitrogens with zero attached hydrogens (tertiary/aromatic N) is 3. The van der Waals surface area contributed by atoms with E-state index in [2.05, 4.69) is 24.0 Å². The first-order chi connectivity index (χ1) is 15.1. The Bertz CT molecular complexity index is 1350. The van der Waals surface area contributed by atoms with Gasteiger partial charge in [-0.25, -0.2) is 4.98 Å². The molecule has 1 saturated carbocycles. The van der Waals surface area contributed by atoms with E-state index in [0.717, 1.165) is 25.7 Å². The number of rotatable bonds is 4. The van der Waals surface area contributed by atoms with Crippen molar-refractivity contribution in [1.29, 1.82) is 0 Å². The molecular formula is C26H27N3O2. The van der Waals surface area contributed by atoms with Crippen LogP contribution in [0.5, 0.6) is 0 Å². The lowest BCUT2D eigenvalue weighted by atomic mass is 9.85. The summed E-state index contributed by atoms with van der Waals surface area (Å²) in [5.74, 6) is 0.479. The molecular weight excluding hydrogens is 386 g/mol. The van der Waals surface area contributed by atoms with E-state index in [1.807, 2.05) is 41.1 Å². The van der Waals surface area contributed by atoms with Gasteiger partial charge in [0.2, 0.25) is 0 Å². The summed E-state index contributed by atoms with van der Waals surface area (Å²) in [5.41, 5.74) is 2.35. The third-order valence-corrected chi connectivity index (χ3v) is 6.75. The van der Waals surface area contributed by atoms with Crippen LogP contribution in [0.4, 0.5) is 0 Å². The first kappa shape index (κ1) is 19.7. The molecule has 1 fully saturated rings. The highest BCUT2D eigenvalue weighted by Crippen LogP contribution is 2.32. The molecule has 1 aliphatic rings. The maximum absolute atomic E-state index is 13.3. The number of benzene rings is 1. The predicted molar refractivity (Wildman–Crippen MR) is 125 cm³/mol. The van der Waals surface area contributed by atoms with Crippen molar-refractivity contribution in [2.75, 3.05) is 0 Å². The fourth-order valence-electron chi connectivity index (χ4n) is 4.92. The van der Waals surface area contributed by atoms with Crippen molar-refractivity contribution < 1.29 is 0 Å². The van der Waals surface area contributed by atoms with Gasteiger partial charge in [0, 0.05) is 25.0 Å². The minimum absolute atomic E-state index is 0.0373. The van der Waals surface area contributed by atoms with Crippen LogP contribution in [0.1, 0.15) is 44.2 Å². The smallest absolute Gasteiger partial charge is 0.260 e. The number of aryl methyl sites for hydroxylation is 2. The summed E-state index contributed by atoms with van der Waals surface area (Å²) in [4.78, 5) is 31.1. The molecule has 158 valence electrons. The molecule has 5 heteroatoms. The Morgan fingerprint density at radius 2 is 1.61 bits per heavy atom. The lowest BCUT2D eigenvalue weighted by molar-refractivity contribution is 0.253. The minimum atomic E-state index is -0.0938. The quantitative estimate of drug-likeness (QED) is 0.456. The van der Waals surface area contributed by atoms with Gasteiger partial charge in [-0.2, -0.15) is 0 Å². The van der Waals surface area contributed by atoms with Gasteiger partial charge in [0.1, 0.15) is 0 Å². The van der Waals surface area contributed by atoms with Crippen LogP contribution in [0, 0.1) is 5.92 Å². The Morgan fingerprint density at radius 1 is 0.903 bits per heavy atom. The van der Waals surface area contributed by atoms with Crippen molar-refractivity contribution in [2.45, 2.75) is 51.6 Å². The van der Waals surface area contributed by atoms with Gasteiger partial charge in [0.15, 0.2) is 0 Å². The summed E-state index contributed by atoms with van der Waals surface area (Å²) in [5, 5.41) is 1.04. The zero-order valence-electron chi connectivity index (χ0n) is 17.8. The molecule has 1 aliphatic carbocycles. The fourth-order valence-corrected chi connectivity index (χ4v) is 4.92. The largest absolute Gasteiger partial charge is 0.315 e. The molecule has 3 aromatic heterocycles. The molecule has 3 heterocycles. The molecule has 0 amide bonds. The standard InChI is InChI=1S/C26H27N3O2/c1-18-7-5-6-10-24(18)29-16-13-23-21(26(29)31)17-20-22(27-23)12-15-28(25(20)30)14-11-19-8-3-2-4-9-19/h2-4,8-9,12-13,15-18,24H,5-7,10-11,14H2,1H3/t18-,24-/m0/s1. The normalized spacial score (nSPS) is 19.1. The zero-order valence-corrected chi connectivity index (χ0v) is 17.8. The lowest BCUT2D eigenvalue weighted by Gasteiger charge is -2.30. The molecule has 0 spiro atoms. The molecule has 2 atom stereocenters. The van der Waals surface area contributed by atoms with Crippen LogP contribution in [0.3, 0.4) is 0 Å². The van der Waals surface area contributed by atoms with Crippen LogP contribution < -0.4 is 11.1 Å². The molecule has 31 heavy (non-hydrogen) atoms. The second kappa shape index (κ2) is 8.14. The Hall–Kier alpha value is -3.21. The van der Waals surface area contributed by atoms with E-state index in [1.54, 1.807) is 16.8 Å². The summed E-state index contributed by atoms with van der Waals surface area (Å²) in [6.45, 7) is 2.82. The van der Waals surface area contributed by atoms with Gasteiger partial charge in [-0.05, 0) is 48.9 Å². The Morgan fingerprint density at radius 3 is 2.39 bits per heavy atom. The van der Waals surface area contributed by atoms with E-state index in [4.69, 9.17) is 0 Å². The second-order valence-electron chi connectivity index (χ2n) is 8.76. The summed E-state index contributed by atoms with van der Waals surface area (Å²) in [6, 6.07) is 15.9. The Balaban J connectivity index is 1.56. The molecule has 0 N–H and O–H groups in total. The Labute approximate surface area is 181 Å². The van der Waals surface area contributed by atoms with Gasteiger partial charge >= 0.3 is 0 Å². The van der Waals surface area contributed by atoms with E-state index in [9.17, 15) is 9.59 Å². The van der Waals surface area contributed by atoms with Gasteiger partial charge in [-0.1, -0.05) is 50.1 Å². The first-order valence-corrected chi connectivity index (χ1v) is 11.2. The number of hydrogen-bond acceptors (Lipinski definition) is 3. The lowest BCUT2D eigenvalue weighted by Crippen LogP contribution is -2.30. The van der Waals surface area contributed by atoms with Crippen molar-refractivity contribution in [2.24, 2.45) is 5.92 Å². The number of pyridine rings is 3. The highest BCUT2D eigenvalue weighted by molar-refractivity contribution is 5.91. The molecule has 0 bridgehead atoms. The van der Waals surface area contributed by atoms with Crippen LogP contribution in [0.15, 0.2) is 70.5 Å². The summed E-state index contributed by atoms with van der Waals surface area (Å²) >= 11 is 0. The van der Waals surface area contributed by atoms with Crippen molar-refractivity contribution in [3.63, 3.8) is 0 Å². The van der Waals surface area contributed by atoms with Crippen LogP contribution in [0.2, 0.25) is 0 Å². The third-order valence-electron chi connectivity index (χ3n) is 6.75. The average molecular weight is 414 g/mol. The monoisotopic (exact) mass is 413 g/mol. The van der Waals surface area contributed by atoms with Crippen LogP contribution >= 0.6 is 0 Å². The minimum Gasteiger partial charge on any atom is -0.315 e. The van der Waals surface area contributed by atoms with Crippen molar-refractivity contribution in [1.82, 2.24) is 14.1 Å². The maximum atomic E-state index is 13.3. The highest BCUT2D eigenvalue weighted by Gasteiger charge is 2.24. The molecule has 0 saturated heterocycles. The predicted octanol–water partition coefficient (Wildman–Crippen LogP) is 4.71. The highest BCUT2D eigenvalue weighted by atomic mass is 16.1.